The highest BCUT2D eigenvalue weighted by atomic mass is 35.5. The van der Waals surface area contributed by atoms with Crippen LogP contribution in [-0.4, -0.2) is 27.4 Å². The molecule has 1 saturated carbocycles. The molecule has 31 heavy (non-hydrogen) atoms. The Hall–Kier alpha value is -1.85. The lowest BCUT2D eigenvalue weighted by Gasteiger charge is -2.41. The Bertz CT molecular complexity index is 957. The van der Waals surface area contributed by atoms with Crippen molar-refractivity contribution in [2.24, 2.45) is 5.92 Å². The van der Waals surface area contributed by atoms with Crippen molar-refractivity contribution in [3.05, 3.63) is 57.1 Å². The molecule has 166 valence electrons. The predicted octanol–water partition coefficient (Wildman–Crippen LogP) is 5.91. The van der Waals surface area contributed by atoms with Crippen LogP contribution in [0.4, 0.5) is 4.79 Å². The van der Waals surface area contributed by atoms with E-state index in [1.807, 2.05) is 29.3 Å². The first kappa shape index (κ1) is 22.3. The second-order valence-electron chi connectivity index (χ2n) is 9.23. The van der Waals surface area contributed by atoms with E-state index in [1.165, 1.54) is 6.42 Å². The molecular formula is C24H30Cl2N4O. The number of nitrogens with zero attached hydrogens (tertiary/aromatic N) is 3. The Kier molecular flexibility index (Phi) is 6.73. The quantitative estimate of drug-likeness (QED) is 0.616. The van der Waals surface area contributed by atoms with Gasteiger partial charge in [0.05, 0.1) is 27.8 Å². The van der Waals surface area contributed by atoms with Gasteiger partial charge in [0.2, 0.25) is 0 Å². The third-order valence-corrected chi connectivity index (χ3v) is 7.14. The summed E-state index contributed by atoms with van der Waals surface area (Å²) >= 11 is 12.5. The van der Waals surface area contributed by atoms with Crippen molar-refractivity contribution in [2.45, 2.75) is 70.9 Å². The Balaban J connectivity index is 1.54. The van der Waals surface area contributed by atoms with Gasteiger partial charge in [-0.1, -0.05) is 62.4 Å². The van der Waals surface area contributed by atoms with Crippen LogP contribution in [0, 0.1) is 5.92 Å². The molecule has 0 atom stereocenters. The van der Waals surface area contributed by atoms with Gasteiger partial charge in [-0.2, -0.15) is 0 Å². The Morgan fingerprint density at radius 3 is 2.68 bits per heavy atom. The first-order valence-corrected chi connectivity index (χ1v) is 12.0. The Morgan fingerprint density at radius 1 is 1.19 bits per heavy atom. The number of hydrogen-bond donors (Lipinski definition) is 1. The third kappa shape index (κ3) is 4.98. The lowest BCUT2D eigenvalue weighted by atomic mass is 9.76. The maximum atomic E-state index is 13.4. The van der Waals surface area contributed by atoms with Crippen molar-refractivity contribution < 1.29 is 4.79 Å². The molecule has 0 radical (unpaired) electrons. The number of carbonyl (C=O) groups is 1. The number of benzene rings is 1. The van der Waals surface area contributed by atoms with Crippen LogP contribution in [0.25, 0.3) is 0 Å². The van der Waals surface area contributed by atoms with Crippen molar-refractivity contribution in [3.63, 3.8) is 0 Å². The zero-order valence-electron chi connectivity index (χ0n) is 18.3. The first-order valence-electron chi connectivity index (χ1n) is 11.2. The third-order valence-electron chi connectivity index (χ3n) is 6.40. The summed E-state index contributed by atoms with van der Waals surface area (Å²) in [7, 11) is 0. The van der Waals surface area contributed by atoms with Crippen molar-refractivity contribution in [1.29, 1.82) is 0 Å². The number of fused-ring (bicyclic) bond motifs is 1. The fourth-order valence-corrected chi connectivity index (χ4v) is 5.00. The van der Waals surface area contributed by atoms with E-state index >= 15 is 0 Å². The van der Waals surface area contributed by atoms with Crippen molar-refractivity contribution in [1.82, 2.24) is 20.2 Å². The van der Waals surface area contributed by atoms with Crippen molar-refractivity contribution in [3.8, 4) is 0 Å². The molecule has 1 N–H and O–H groups in total. The molecule has 2 aliphatic rings. The number of amides is 2. The van der Waals surface area contributed by atoms with Gasteiger partial charge < -0.3 is 10.2 Å². The molecule has 0 unspecified atom stereocenters. The number of carbonyl (C=O) groups excluding carboxylic acids is 1. The molecule has 1 aromatic carbocycles. The fourth-order valence-electron chi connectivity index (χ4n) is 4.70. The molecule has 1 aromatic heterocycles. The number of halogens is 2. The average Bonchev–Trinajstić information content (AvgIpc) is 2.75. The minimum Gasteiger partial charge on any atom is -0.328 e. The highest BCUT2D eigenvalue weighted by Gasteiger charge is 2.37. The van der Waals surface area contributed by atoms with Gasteiger partial charge in [0.25, 0.3) is 0 Å². The van der Waals surface area contributed by atoms with Gasteiger partial charge in [0, 0.05) is 19.2 Å². The van der Waals surface area contributed by atoms with Gasteiger partial charge in [0.1, 0.15) is 5.82 Å². The topological polar surface area (TPSA) is 58.1 Å². The van der Waals surface area contributed by atoms with E-state index < -0.39 is 5.54 Å². The highest BCUT2D eigenvalue weighted by molar-refractivity contribution is 6.42. The maximum absolute atomic E-state index is 13.4. The van der Waals surface area contributed by atoms with Gasteiger partial charge in [-0.25, -0.2) is 14.8 Å². The molecular weight excluding hydrogens is 431 g/mol. The molecule has 1 aliphatic carbocycles. The lowest BCUT2D eigenvalue weighted by Crippen LogP contribution is -2.53. The summed E-state index contributed by atoms with van der Waals surface area (Å²) in [5.74, 6) is 1.36. The second-order valence-corrected chi connectivity index (χ2v) is 10.0. The first-order chi connectivity index (χ1) is 14.9. The summed E-state index contributed by atoms with van der Waals surface area (Å²) < 4.78 is 0. The lowest BCUT2D eigenvalue weighted by molar-refractivity contribution is 0.162. The zero-order chi connectivity index (χ0) is 22.0. The average molecular weight is 461 g/mol. The summed E-state index contributed by atoms with van der Waals surface area (Å²) in [4.78, 5) is 24.5. The van der Waals surface area contributed by atoms with Crippen molar-refractivity contribution >= 4 is 29.2 Å². The highest BCUT2D eigenvalue weighted by Crippen LogP contribution is 2.39. The second kappa shape index (κ2) is 9.33. The summed E-state index contributed by atoms with van der Waals surface area (Å²) in [5, 5.41) is 4.45. The van der Waals surface area contributed by atoms with Crippen LogP contribution in [-0.2, 0) is 24.9 Å². The molecule has 0 bridgehead atoms. The van der Waals surface area contributed by atoms with Crippen LogP contribution in [0.3, 0.4) is 0 Å². The number of rotatable bonds is 4. The molecule has 0 saturated heterocycles. The van der Waals surface area contributed by atoms with E-state index in [-0.39, 0.29) is 6.03 Å². The van der Waals surface area contributed by atoms with E-state index in [2.05, 4.69) is 24.1 Å². The van der Waals surface area contributed by atoms with Crippen LogP contribution in [0.15, 0.2) is 24.4 Å². The van der Waals surface area contributed by atoms with Crippen LogP contribution < -0.4 is 5.32 Å². The molecule has 5 nitrogen and oxygen atoms in total. The number of aromatic nitrogens is 2. The summed E-state index contributed by atoms with van der Waals surface area (Å²) in [6.45, 7) is 5.51. The van der Waals surface area contributed by atoms with Gasteiger partial charge in [-0.15, -0.1) is 0 Å². The Labute approximate surface area is 194 Å². The molecule has 2 heterocycles. The zero-order valence-corrected chi connectivity index (χ0v) is 19.8. The summed E-state index contributed by atoms with van der Waals surface area (Å²) in [5.41, 5.74) is 2.75. The predicted molar refractivity (Wildman–Crippen MR) is 124 cm³/mol. The number of urea groups is 1. The standard InChI is InChI=1S/C24H30Cl2N4O/c1-16(2)12-22-27-14-17-8-11-30(15-21(17)28-22)23(31)29-24(9-4-3-5-10-24)18-6-7-19(25)20(26)13-18/h6-7,13-14,16H,3-5,8-12,15H2,1-2H3,(H,29,31). The van der Waals surface area contributed by atoms with E-state index in [1.54, 1.807) is 0 Å². The van der Waals surface area contributed by atoms with Crippen molar-refractivity contribution in [2.75, 3.05) is 6.54 Å². The molecule has 2 aromatic rings. The molecule has 4 rings (SSSR count). The van der Waals surface area contributed by atoms with E-state index in [9.17, 15) is 4.79 Å². The molecule has 2 amide bonds. The minimum absolute atomic E-state index is 0.0392. The Morgan fingerprint density at radius 2 is 1.97 bits per heavy atom. The summed E-state index contributed by atoms with van der Waals surface area (Å²) in [6.07, 6.45) is 8.72. The number of nitrogens with one attached hydrogen (secondary N) is 1. The summed E-state index contributed by atoms with van der Waals surface area (Å²) in [6, 6.07) is 5.69. The van der Waals surface area contributed by atoms with E-state index in [0.29, 0.717) is 29.1 Å². The van der Waals surface area contributed by atoms with Gasteiger partial charge in [-0.3, -0.25) is 0 Å². The van der Waals surface area contributed by atoms with Crippen LogP contribution in [0.5, 0.6) is 0 Å². The van der Waals surface area contributed by atoms with Gasteiger partial charge >= 0.3 is 6.03 Å². The monoisotopic (exact) mass is 460 g/mol. The van der Waals surface area contributed by atoms with Crippen LogP contribution in [0.2, 0.25) is 10.0 Å². The molecule has 1 fully saturated rings. The largest absolute Gasteiger partial charge is 0.328 e. The smallest absolute Gasteiger partial charge is 0.318 e. The molecule has 7 heteroatoms. The van der Waals surface area contributed by atoms with E-state index in [4.69, 9.17) is 28.2 Å². The van der Waals surface area contributed by atoms with Crippen LogP contribution >= 0.6 is 23.2 Å². The van der Waals surface area contributed by atoms with E-state index in [0.717, 1.165) is 61.2 Å². The van der Waals surface area contributed by atoms with Gasteiger partial charge in [0.15, 0.2) is 0 Å². The minimum atomic E-state index is -0.404. The fraction of sp³-hybridized carbons (Fsp3) is 0.542. The number of hydrogen-bond acceptors (Lipinski definition) is 3. The van der Waals surface area contributed by atoms with Gasteiger partial charge in [-0.05, 0) is 48.4 Å². The molecule has 0 spiro atoms. The maximum Gasteiger partial charge on any atom is 0.318 e. The molecule has 1 aliphatic heterocycles. The van der Waals surface area contributed by atoms with Crippen LogP contribution in [0.1, 0.15) is 68.6 Å². The normalized spacial score (nSPS) is 18.0. The SMILES string of the molecule is CC(C)Cc1ncc2c(n1)CN(C(=O)NC1(c3ccc(Cl)c(Cl)c3)CCCCC1)CC2.